The molecule has 3 aromatic carbocycles. The smallest absolute Gasteiger partial charge is 0.318 e. The third kappa shape index (κ3) is 3.77. The number of carbonyl (C=O) groups excluding carboxylic acids is 1. The number of fused-ring (bicyclic) bond motifs is 1. The lowest BCUT2D eigenvalue weighted by molar-refractivity contribution is -0.146. The molecule has 0 aliphatic carbocycles. The molecule has 142 valence electrons. The van der Waals surface area contributed by atoms with E-state index in [4.69, 9.17) is 9.47 Å². The van der Waals surface area contributed by atoms with E-state index in [1.54, 1.807) is 0 Å². The van der Waals surface area contributed by atoms with Crippen LogP contribution in [0.2, 0.25) is 0 Å². The molecule has 3 aromatic rings. The highest BCUT2D eigenvalue weighted by atomic mass is 16.5. The van der Waals surface area contributed by atoms with Crippen LogP contribution in [0.3, 0.4) is 0 Å². The number of benzene rings is 3. The van der Waals surface area contributed by atoms with Gasteiger partial charge in [-0.1, -0.05) is 72.8 Å². The molecule has 0 fully saturated rings. The second-order valence-corrected chi connectivity index (χ2v) is 6.85. The first kappa shape index (κ1) is 18.2. The van der Waals surface area contributed by atoms with Crippen molar-refractivity contribution < 1.29 is 14.3 Å². The van der Waals surface area contributed by atoms with E-state index in [9.17, 15) is 4.79 Å². The lowest BCUT2D eigenvalue weighted by Gasteiger charge is -2.19. The predicted molar refractivity (Wildman–Crippen MR) is 110 cm³/mol. The molecular weight excluding hydrogens is 350 g/mol. The molecule has 2 unspecified atom stereocenters. The summed E-state index contributed by atoms with van der Waals surface area (Å²) in [6, 6.07) is 24.3. The minimum atomic E-state index is -0.526. The number of rotatable bonds is 6. The molecule has 2 atom stereocenters. The molecule has 1 aliphatic heterocycles. The summed E-state index contributed by atoms with van der Waals surface area (Å²) in [6.45, 7) is 2.66. The maximum Gasteiger partial charge on any atom is 0.318 e. The Morgan fingerprint density at radius 2 is 1.82 bits per heavy atom. The van der Waals surface area contributed by atoms with E-state index >= 15 is 0 Å². The minimum absolute atomic E-state index is 0.186. The zero-order valence-corrected chi connectivity index (χ0v) is 15.9. The van der Waals surface area contributed by atoms with Crippen LogP contribution in [0.5, 0.6) is 0 Å². The van der Waals surface area contributed by atoms with E-state index in [1.807, 2.05) is 55.5 Å². The zero-order chi connectivity index (χ0) is 19.3. The van der Waals surface area contributed by atoms with Crippen LogP contribution in [0.25, 0.3) is 10.8 Å². The van der Waals surface area contributed by atoms with Gasteiger partial charge in [-0.25, -0.2) is 0 Å². The van der Waals surface area contributed by atoms with Gasteiger partial charge in [0.2, 0.25) is 0 Å². The summed E-state index contributed by atoms with van der Waals surface area (Å²) in [5.74, 6) is -0.341. The van der Waals surface area contributed by atoms with Crippen molar-refractivity contribution in [2.75, 3.05) is 13.2 Å². The Bertz CT molecular complexity index is 992. The van der Waals surface area contributed by atoms with Crippen molar-refractivity contribution in [3.63, 3.8) is 0 Å². The Hall–Kier alpha value is -3.14. The lowest BCUT2D eigenvalue weighted by atomic mass is 9.99. The van der Waals surface area contributed by atoms with Crippen molar-refractivity contribution in [3.8, 4) is 0 Å². The topological polar surface area (TPSA) is 47.9 Å². The maximum absolute atomic E-state index is 12.6. The summed E-state index contributed by atoms with van der Waals surface area (Å²) in [5.41, 5.74) is 2.15. The molecule has 28 heavy (non-hydrogen) atoms. The number of carbonyl (C=O) groups is 1. The van der Waals surface area contributed by atoms with Crippen molar-refractivity contribution in [1.82, 2.24) is 0 Å². The predicted octanol–water partition coefficient (Wildman–Crippen LogP) is 4.73. The SMILES string of the molecule is CCOC(=O)C(Cc1ccccc1)C1=NCC(c2cccc3ccccc23)O1. The van der Waals surface area contributed by atoms with Crippen molar-refractivity contribution in [3.05, 3.63) is 83.9 Å². The van der Waals surface area contributed by atoms with Gasteiger partial charge in [0.25, 0.3) is 0 Å². The molecule has 0 N–H and O–H groups in total. The third-order valence-electron chi connectivity index (χ3n) is 5.00. The average molecular weight is 373 g/mol. The molecular formula is C24H23NO3. The normalized spacial score (nSPS) is 17.0. The molecule has 0 radical (unpaired) electrons. The summed E-state index contributed by atoms with van der Waals surface area (Å²) in [4.78, 5) is 17.2. The van der Waals surface area contributed by atoms with E-state index in [0.717, 1.165) is 16.5 Å². The van der Waals surface area contributed by atoms with Gasteiger partial charge in [0.05, 0.1) is 13.2 Å². The van der Waals surface area contributed by atoms with Crippen LogP contribution in [0, 0.1) is 5.92 Å². The monoisotopic (exact) mass is 373 g/mol. The largest absolute Gasteiger partial charge is 0.470 e. The molecule has 0 amide bonds. The Kier molecular flexibility index (Phi) is 5.38. The second kappa shape index (κ2) is 8.26. The van der Waals surface area contributed by atoms with Crippen molar-refractivity contribution in [1.29, 1.82) is 0 Å². The van der Waals surface area contributed by atoms with Crippen LogP contribution in [-0.2, 0) is 20.7 Å². The van der Waals surface area contributed by atoms with Gasteiger partial charge in [-0.2, -0.15) is 0 Å². The fraction of sp³-hybridized carbons (Fsp3) is 0.250. The highest BCUT2D eigenvalue weighted by molar-refractivity contribution is 5.99. The third-order valence-corrected chi connectivity index (χ3v) is 5.00. The van der Waals surface area contributed by atoms with Crippen molar-refractivity contribution >= 4 is 22.6 Å². The van der Waals surface area contributed by atoms with Crippen LogP contribution < -0.4 is 0 Å². The molecule has 4 nitrogen and oxygen atoms in total. The minimum Gasteiger partial charge on any atom is -0.470 e. The summed E-state index contributed by atoms with van der Waals surface area (Å²) in [5, 5.41) is 2.32. The summed E-state index contributed by atoms with van der Waals surface area (Å²) in [7, 11) is 0. The molecule has 1 heterocycles. The lowest BCUT2D eigenvalue weighted by Crippen LogP contribution is -2.29. The quantitative estimate of drug-likeness (QED) is 0.587. The highest BCUT2D eigenvalue weighted by Gasteiger charge is 2.34. The van der Waals surface area contributed by atoms with E-state index in [-0.39, 0.29) is 12.1 Å². The Morgan fingerprint density at radius 1 is 1.07 bits per heavy atom. The number of esters is 1. The van der Waals surface area contributed by atoms with E-state index in [2.05, 4.69) is 29.3 Å². The molecule has 0 saturated carbocycles. The van der Waals surface area contributed by atoms with Gasteiger partial charge in [0.15, 0.2) is 5.90 Å². The van der Waals surface area contributed by atoms with E-state index in [1.165, 1.54) is 5.39 Å². The number of hydrogen-bond acceptors (Lipinski definition) is 4. The van der Waals surface area contributed by atoms with Gasteiger partial charge in [-0.3, -0.25) is 9.79 Å². The molecule has 0 bridgehead atoms. The van der Waals surface area contributed by atoms with Gasteiger partial charge in [0.1, 0.15) is 12.0 Å². The van der Waals surface area contributed by atoms with Crippen LogP contribution in [0.1, 0.15) is 24.2 Å². The van der Waals surface area contributed by atoms with Crippen LogP contribution in [0.15, 0.2) is 77.8 Å². The fourth-order valence-electron chi connectivity index (χ4n) is 3.64. The number of aliphatic imine (C=N–C) groups is 1. The molecule has 0 aromatic heterocycles. The first-order chi connectivity index (χ1) is 13.8. The Morgan fingerprint density at radius 3 is 2.64 bits per heavy atom. The summed E-state index contributed by atoms with van der Waals surface area (Å²) >= 11 is 0. The van der Waals surface area contributed by atoms with Crippen LogP contribution in [-0.4, -0.2) is 25.0 Å². The first-order valence-corrected chi connectivity index (χ1v) is 9.65. The van der Waals surface area contributed by atoms with E-state index in [0.29, 0.717) is 25.5 Å². The first-order valence-electron chi connectivity index (χ1n) is 9.65. The number of nitrogens with zero attached hydrogens (tertiary/aromatic N) is 1. The number of hydrogen-bond donors (Lipinski definition) is 0. The average Bonchev–Trinajstić information content (AvgIpc) is 3.22. The molecule has 4 heteroatoms. The molecule has 0 saturated heterocycles. The van der Waals surface area contributed by atoms with Gasteiger partial charge in [-0.05, 0) is 29.7 Å². The molecule has 4 rings (SSSR count). The van der Waals surface area contributed by atoms with Gasteiger partial charge in [0, 0.05) is 5.56 Å². The molecule has 1 aliphatic rings. The second-order valence-electron chi connectivity index (χ2n) is 6.85. The zero-order valence-electron chi connectivity index (χ0n) is 15.9. The highest BCUT2D eigenvalue weighted by Crippen LogP contribution is 2.32. The summed E-state index contributed by atoms with van der Waals surface area (Å²) in [6.07, 6.45) is 0.328. The Labute approximate surface area is 164 Å². The van der Waals surface area contributed by atoms with Gasteiger partial charge < -0.3 is 9.47 Å². The number of ether oxygens (including phenoxy) is 2. The summed E-state index contributed by atoms with van der Waals surface area (Å²) < 4.78 is 11.5. The fourth-order valence-corrected chi connectivity index (χ4v) is 3.64. The maximum atomic E-state index is 12.6. The van der Waals surface area contributed by atoms with Crippen molar-refractivity contribution in [2.24, 2.45) is 10.9 Å². The van der Waals surface area contributed by atoms with Crippen LogP contribution >= 0.6 is 0 Å². The Balaban J connectivity index is 1.58. The van der Waals surface area contributed by atoms with Crippen LogP contribution in [0.4, 0.5) is 0 Å². The molecule has 0 spiro atoms. The van der Waals surface area contributed by atoms with Crippen molar-refractivity contribution in [2.45, 2.75) is 19.4 Å². The van der Waals surface area contributed by atoms with E-state index < -0.39 is 5.92 Å². The van der Waals surface area contributed by atoms with Gasteiger partial charge >= 0.3 is 5.97 Å². The van der Waals surface area contributed by atoms with Gasteiger partial charge in [-0.15, -0.1) is 0 Å². The standard InChI is InChI=1S/C24H23NO3/c1-2-27-24(26)21(15-17-9-4-3-5-10-17)23-25-16-22(28-23)20-14-8-12-18-11-6-7-13-19(18)20/h3-14,21-22H,2,15-16H2,1H3.